The fraction of sp³-hybridized carbons (Fsp3) is 0.400. The first-order valence-electron chi connectivity index (χ1n) is 6.39. The molecule has 0 bridgehead atoms. The summed E-state index contributed by atoms with van der Waals surface area (Å²) < 4.78 is 4.95. The maximum Gasteiger partial charge on any atom is 0.331 e. The molecule has 1 aromatic rings. The Balaban J connectivity index is 0.00000180. The molecule has 2 rings (SSSR count). The van der Waals surface area contributed by atoms with Gasteiger partial charge in [-0.05, 0) is 49.1 Å². The van der Waals surface area contributed by atoms with Gasteiger partial charge in [-0.1, -0.05) is 18.2 Å². The molecule has 0 aliphatic carbocycles. The van der Waals surface area contributed by atoms with Crippen LogP contribution in [0.4, 0.5) is 0 Å². The molecule has 0 amide bonds. The highest BCUT2D eigenvalue weighted by molar-refractivity contribution is 5.91. The average molecular weight is 282 g/mol. The molecule has 4 heteroatoms. The molecular formula is C15H20ClNO2. The second kappa shape index (κ2) is 7.31. The van der Waals surface area contributed by atoms with Gasteiger partial charge >= 0.3 is 5.97 Å². The van der Waals surface area contributed by atoms with Crippen molar-refractivity contribution in [1.82, 2.24) is 5.32 Å². The van der Waals surface area contributed by atoms with Crippen LogP contribution in [0.2, 0.25) is 0 Å². The van der Waals surface area contributed by atoms with E-state index in [1.165, 1.54) is 11.1 Å². The van der Waals surface area contributed by atoms with Crippen LogP contribution in [-0.2, 0) is 22.5 Å². The Morgan fingerprint density at radius 1 is 1.47 bits per heavy atom. The minimum absolute atomic E-state index is 0. The zero-order valence-electron chi connectivity index (χ0n) is 11.4. The maximum atomic E-state index is 11.5. The van der Waals surface area contributed by atoms with E-state index in [1.54, 1.807) is 6.08 Å². The Morgan fingerprint density at radius 2 is 2.26 bits per heavy atom. The highest BCUT2D eigenvalue weighted by Gasteiger charge is 2.13. The summed E-state index contributed by atoms with van der Waals surface area (Å²) in [7, 11) is 0. The second-order valence-corrected chi connectivity index (χ2v) is 4.45. The quantitative estimate of drug-likeness (QED) is 0.684. The molecule has 1 N–H and O–H groups in total. The van der Waals surface area contributed by atoms with Gasteiger partial charge in [0.05, 0.1) is 6.61 Å². The fourth-order valence-electron chi connectivity index (χ4n) is 2.32. The van der Waals surface area contributed by atoms with Gasteiger partial charge in [-0.25, -0.2) is 4.79 Å². The van der Waals surface area contributed by atoms with Crippen molar-refractivity contribution >= 4 is 23.9 Å². The molecule has 0 saturated heterocycles. The van der Waals surface area contributed by atoms with Crippen molar-refractivity contribution in [1.29, 1.82) is 0 Å². The van der Waals surface area contributed by atoms with Gasteiger partial charge in [-0.3, -0.25) is 0 Å². The van der Waals surface area contributed by atoms with Crippen molar-refractivity contribution in [3.05, 3.63) is 41.0 Å². The van der Waals surface area contributed by atoms with E-state index in [9.17, 15) is 4.79 Å². The number of fused-ring (bicyclic) bond motifs is 1. The summed E-state index contributed by atoms with van der Waals surface area (Å²) in [6.07, 6.45) is 2.63. The van der Waals surface area contributed by atoms with Gasteiger partial charge in [0.25, 0.3) is 0 Å². The number of nitrogens with one attached hydrogen (secondary N) is 1. The van der Waals surface area contributed by atoms with E-state index < -0.39 is 0 Å². The predicted molar refractivity (Wildman–Crippen MR) is 79.4 cm³/mol. The number of hydrogen-bond donors (Lipinski definition) is 1. The molecule has 0 saturated carbocycles. The lowest BCUT2D eigenvalue weighted by molar-refractivity contribution is -0.137. The smallest absolute Gasteiger partial charge is 0.331 e. The summed E-state index contributed by atoms with van der Waals surface area (Å²) in [6.45, 7) is 6.09. The van der Waals surface area contributed by atoms with Gasteiger partial charge < -0.3 is 10.1 Å². The zero-order valence-corrected chi connectivity index (χ0v) is 12.2. The van der Waals surface area contributed by atoms with Gasteiger partial charge in [0, 0.05) is 12.6 Å². The minimum atomic E-state index is -0.267. The third-order valence-corrected chi connectivity index (χ3v) is 3.19. The van der Waals surface area contributed by atoms with Gasteiger partial charge in [-0.15, -0.1) is 12.4 Å². The standard InChI is InChI=1S/C15H19NO2.ClH/c1-3-18-15(17)9-11(2)13-6-4-5-12-7-8-16-10-14(12)13;/h4-6,9,16H,3,7-8,10H2,1-2H3;1H/b11-9-;. The van der Waals surface area contributed by atoms with Crippen LogP contribution in [0.1, 0.15) is 30.5 Å². The van der Waals surface area contributed by atoms with Crippen molar-refractivity contribution in [2.75, 3.05) is 13.2 Å². The normalized spacial score (nSPS) is 14.3. The van der Waals surface area contributed by atoms with Crippen molar-refractivity contribution in [3.8, 4) is 0 Å². The third kappa shape index (κ3) is 3.82. The van der Waals surface area contributed by atoms with Crippen LogP contribution < -0.4 is 5.32 Å². The number of carbonyl (C=O) groups excluding carboxylic acids is 1. The first-order valence-corrected chi connectivity index (χ1v) is 6.39. The lowest BCUT2D eigenvalue weighted by atomic mass is 9.92. The molecule has 0 aromatic heterocycles. The van der Waals surface area contributed by atoms with E-state index >= 15 is 0 Å². The number of ether oxygens (including phenoxy) is 1. The number of esters is 1. The topological polar surface area (TPSA) is 38.3 Å². The number of hydrogen-bond acceptors (Lipinski definition) is 3. The largest absolute Gasteiger partial charge is 0.463 e. The number of halogens is 1. The number of benzene rings is 1. The molecule has 1 aliphatic rings. The van der Waals surface area contributed by atoms with Crippen molar-refractivity contribution in [3.63, 3.8) is 0 Å². The molecule has 0 fully saturated rings. The molecule has 19 heavy (non-hydrogen) atoms. The number of allylic oxidation sites excluding steroid dienone is 1. The lowest BCUT2D eigenvalue weighted by Gasteiger charge is -2.20. The Morgan fingerprint density at radius 3 is 3.00 bits per heavy atom. The van der Waals surface area contributed by atoms with E-state index in [4.69, 9.17) is 4.74 Å². The Hall–Kier alpha value is -1.32. The predicted octanol–water partition coefficient (Wildman–Crippen LogP) is 2.72. The molecular weight excluding hydrogens is 262 g/mol. The van der Waals surface area contributed by atoms with Gasteiger partial charge in [0.15, 0.2) is 0 Å². The van der Waals surface area contributed by atoms with Crippen molar-refractivity contribution < 1.29 is 9.53 Å². The molecule has 0 unspecified atom stereocenters. The Kier molecular flexibility index (Phi) is 6.06. The van der Waals surface area contributed by atoms with E-state index in [0.29, 0.717) is 6.61 Å². The molecule has 0 spiro atoms. The van der Waals surface area contributed by atoms with Crippen LogP contribution in [0.3, 0.4) is 0 Å². The van der Waals surface area contributed by atoms with Crippen LogP contribution >= 0.6 is 12.4 Å². The van der Waals surface area contributed by atoms with E-state index in [2.05, 4.69) is 23.5 Å². The van der Waals surface area contributed by atoms with E-state index in [0.717, 1.165) is 30.6 Å². The Bertz CT molecular complexity index is 483. The average Bonchev–Trinajstić information content (AvgIpc) is 2.38. The zero-order chi connectivity index (χ0) is 13.0. The molecule has 3 nitrogen and oxygen atoms in total. The first kappa shape index (κ1) is 15.7. The van der Waals surface area contributed by atoms with Crippen LogP contribution in [0, 0.1) is 0 Å². The fourth-order valence-corrected chi connectivity index (χ4v) is 2.32. The summed E-state index contributed by atoms with van der Waals surface area (Å²) in [5.41, 5.74) is 4.80. The maximum absolute atomic E-state index is 11.5. The lowest BCUT2D eigenvalue weighted by Crippen LogP contribution is -2.24. The van der Waals surface area contributed by atoms with Crippen LogP contribution in [0.5, 0.6) is 0 Å². The SMILES string of the molecule is CCOC(=O)/C=C(/C)c1cccc2c1CNCC2.Cl. The molecule has 1 aromatic carbocycles. The highest BCUT2D eigenvalue weighted by atomic mass is 35.5. The summed E-state index contributed by atoms with van der Waals surface area (Å²) in [5, 5.41) is 3.37. The molecule has 1 aliphatic heterocycles. The molecule has 0 radical (unpaired) electrons. The molecule has 1 heterocycles. The summed E-state index contributed by atoms with van der Waals surface area (Å²) in [5.74, 6) is -0.267. The molecule has 0 atom stereocenters. The van der Waals surface area contributed by atoms with Crippen LogP contribution in [-0.4, -0.2) is 19.1 Å². The van der Waals surface area contributed by atoms with Crippen molar-refractivity contribution in [2.24, 2.45) is 0 Å². The van der Waals surface area contributed by atoms with E-state index in [-0.39, 0.29) is 18.4 Å². The number of rotatable bonds is 3. The van der Waals surface area contributed by atoms with E-state index in [1.807, 2.05) is 13.8 Å². The highest BCUT2D eigenvalue weighted by Crippen LogP contribution is 2.24. The monoisotopic (exact) mass is 281 g/mol. The summed E-state index contributed by atoms with van der Waals surface area (Å²) in [4.78, 5) is 11.5. The van der Waals surface area contributed by atoms with Gasteiger partial charge in [0.2, 0.25) is 0 Å². The second-order valence-electron chi connectivity index (χ2n) is 4.45. The number of carbonyl (C=O) groups is 1. The van der Waals surface area contributed by atoms with Crippen molar-refractivity contribution in [2.45, 2.75) is 26.8 Å². The van der Waals surface area contributed by atoms with Gasteiger partial charge in [-0.2, -0.15) is 0 Å². The Labute approximate surface area is 120 Å². The first-order chi connectivity index (χ1) is 8.72. The van der Waals surface area contributed by atoms with Gasteiger partial charge in [0.1, 0.15) is 0 Å². The minimum Gasteiger partial charge on any atom is -0.463 e. The summed E-state index contributed by atoms with van der Waals surface area (Å²) in [6, 6.07) is 6.29. The molecule has 104 valence electrons. The van der Waals surface area contributed by atoms with Crippen LogP contribution in [0.25, 0.3) is 5.57 Å². The summed E-state index contributed by atoms with van der Waals surface area (Å²) >= 11 is 0. The van der Waals surface area contributed by atoms with Crippen LogP contribution in [0.15, 0.2) is 24.3 Å². The third-order valence-electron chi connectivity index (χ3n) is 3.19.